The molecule has 1 fully saturated rings. The summed E-state index contributed by atoms with van der Waals surface area (Å²) in [5.41, 5.74) is -0.652. The number of hydrogen-bond acceptors (Lipinski definition) is 6. The quantitative estimate of drug-likeness (QED) is 0.413. The summed E-state index contributed by atoms with van der Waals surface area (Å²) in [5.74, 6) is -0.788. The molecule has 9 nitrogen and oxygen atoms in total. The van der Waals surface area contributed by atoms with E-state index >= 15 is 0 Å². The van der Waals surface area contributed by atoms with Gasteiger partial charge in [0.2, 0.25) is 11.8 Å². The van der Waals surface area contributed by atoms with Gasteiger partial charge < -0.3 is 25.4 Å². The highest BCUT2D eigenvalue weighted by molar-refractivity contribution is 6.33. The van der Waals surface area contributed by atoms with E-state index in [0.29, 0.717) is 23.8 Å². The van der Waals surface area contributed by atoms with Gasteiger partial charge in [-0.15, -0.1) is 0 Å². The lowest BCUT2D eigenvalue weighted by Crippen LogP contribution is -2.65. The Morgan fingerprint density at radius 2 is 1.77 bits per heavy atom. The molecule has 0 bridgehead atoms. The van der Waals surface area contributed by atoms with Crippen molar-refractivity contribution in [3.05, 3.63) is 29.3 Å². The molecule has 0 radical (unpaired) electrons. The zero-order valence-electron chi connectivity index (χ0n) is 24.9. The van der Waals surface area contributed by atoms with Crippen LogP contribution in [0.2, 0.25) is 5.02 Å². The van der Waals surface area contributed by atoms with E-state index in [1.807, 2.05) is 57.7 Å². The lowest BCUT2D eigenvalue weighted by Gasteiger charge is -2.48. The Hall–Kier alpha value is -2.36. The summed E-state index contributed by atoms with van der Waals surface area (Å²) in [6.45, 7) is 18.3. The third kappa shape index (κ3) is 10.3. The third-order valence-electron chi connectivity index (χ3n) is 6.59. The molecule has 1 aliphatic rings. The normalized spacial score (nSPS) is 18.7. The van der Waals surface area contributed by atoms with Crippen LogP contribution < -0.4 is 15.5 Å². The average molecular weight is 567 g/mol. The summed E-state index contributed by atoms with van der Waals surface area (Å²) in [6, 6.07) is 6.44. The maximum atomic E-state index is 13.2. The fourth-order valence-electron chi connectivity index (χ4n) is 4.36. The maximum absolute atomic E-state index is 13.2. The summed E-state index contributed by atoms with van der Waals surface area (Å²) in [4.78, 5) is 42.2. The maximum Gasteiger partial charge on any atom is 0.408 e. The number of ether oxygens (including phenoxy) is 1. The second-order valence-electron chi connectivity index (χ2n) is 13.4. The van der Waals surface area contributed by atoms with E-state index in [1.165, 1.54) is 0 Å². The Balaban J connectivity index is 2.20. The van der Waals surface area contributed by atoms with E-state index in [4.69, 9.17) is 16.3 Å². The minimum atomic E-state index is -1.06. The number of anilines is 1. The van der Waals surface area contributed by atoms with Crippen LogP contribution in [-0.4, -0.2) is 77.4 Å². The third-order valence-corrected chi connectivity index (χ3v) is 6.91. The second-order valence-corrected chi connectivity index (χ2v) is 13.8. The van der Waals surface area contributed by atoms with Gasteiger partial charge in [-0.1, -0.05) is 51.4 Å². The second kappa shape index (κ2) is 12.9. The zero-order chi connectivity index (χ0) is 29.8. The van der Waals surface area contributed by atoms with Gasteiger partial charge in [-0.3, -0.25) is 14.5 Å². The van der Waals surface area contributed by atoms with Crippen molar-refractivity contribution in [3.63, 3.8) is 0 Å². The minimum absolute atomic E-state index is 0.0685. The fourth-order valence-corrected chi connectivity index (χ4v) is 4.60. The van der Waals surface area contributed by atoms with Gasteiger partial charge >= 0.3 is 6.09 Å². The molecule has 0 saturated carbocycles. The molecule has 1 aromatic carbocycles. The number of piperazine rings is 1. The molecule has 3 atom stereocenters. The van der Waals surface area contributed by atoms with Crippen LogP contribution >= 0.6 is 11.6 Å². The predicted molar refractivity (Wildman–Crippen MR) is 155 cm³/mol. The van der Waals surface area contributed by atoms with Crippen molar-refractivity contribution in [1.29, 1.82) is 0 Å². The number of benzene rings is 1. The van der Waals surface area contributed by atoms with E-state index in [2.05, 4.69) is 10.6 Å². The number of aliphatic hydroxyl groups is 1. The highest BCUT2D eigenvalue weighted by atomic mass is 35.5. The number of para-hydroxylation sites is 1. The summed E-state index contributed by atoms with van der Waals surface area (Å²) in [6.07, 6.45) is -1.60. The molecule has 3 amide bonds. The van der Waals surface area contributed by atoms with Crippen LogP contribution in [0.15, 0.2) is 24.3 Å². The van der Waals surface area contributed by atoms with Gasteiger partial charge in [0, 0.05) is 31.1 Å². The molecule has 39 heavy (non-hydrogen) atoms. The van der Waals surface area contributed by atoms with Gasteiger partial charge in [0.05, 0.1) is 29.4 Å². The largest absolute Gasteiger partial charge is 0.444 e. The molecule has 220 valence electrons. The average Bonchev–Trinajstić information content (AvgIpc) is 2.77. The number of carbonyl (C=O) groups is 3. The first-order valence-corrected chi connectivity index (χ1v) is 13.9. The van der Waals surface area contributed by atoms with Crippen LogP contribution in [0.25, 0.3) is 0 Å². The van der Waals surface area contributed by atoms with Gasteiger partial charge in [-0.25, -0.2) is 4.79 Å². The molecular weight excluding hydrogens is 520 g/mol. The number of rotatable bonds is 9. The van der Waals surface area contributed by atoms with E-state index in [0.717, 1.165) is 0 Å². The van der Waals surface area contributed by atoms with Crippen molar-refractivity contribution in [2.75, 3.05) is 31.1 Å². The van der Waals surface area contributed by atoms with Gasteiger partial charge in [0.25, 0.3) is 0 Å². The Kier molecular flexibility index (Phi) is 10.8. The number of aliphatic hydroxyl groups excluding tert-OH is 1. The number of nitrogens with zero attached hydrogens (tertiary/aromatic N) is 2. The number of nitrogens with one attached hydrogen (secondary N) is 2. The van der Waals surface area contributed by atoms with Crippen LogP contribution in [0.1, 0.15) is 68.7 Å². The molecular formula is C29H47ClN4O5. The van der Waals surface area contributed by atoms with E-state index in [-0.39, 0.29) is 36.7 Å². The Bertz CT molecular complexity index is 1020. The molecule has 1 saturated heterocycles. The SMILES string of the molecule is C[C@H](C[C@H](O)[C@H](CN1CC(=O)N(c2ccccc2Cl)CC1(C)C)NC(=O)OC(C)(C)C)C(=O)NCC(C)(C)C. The molecule has 1 aliphatic heterocycles. The van der Waals surface area contributed by atoms with Crippen LogP contribution in [0.3, 0.4) is 0 Å². The smallest absolute Gasteiger partial charge is 0.408 e. The molecule has 0 aliphatic carbocycles. The first-order chi connectivity index (χ1) is 17.8. The van der Waals surface area contributed by atoms with E-state index < -0.39 is 35.3 Å². The van der Waals surface area contributed by atoms with Gasteiger partial charge in [0.1, 0.15) is 5.60 Å². The number of hydrogen-bond donors (Lipinski definition) is 3. The Morgan fingerprint density at radius 1 is 1.15 bits per heavy atom. The summed E-state index contributed by atoms with van der Waals surface area (Å²) in [7, 11) is 0. The Labute approximate surface area is 238 Å². The van der Waals surface area contributed by atoms with Crippen molar-refractivity contribution < 1.29 is 24.2 Å². The molecule has 3 N–H and O–H groups in total. The van der Waals surface area contributed by atoms with Crippen LogP contribution in [0.5, 0.6) is 0 Å². The lowest BCUT2D eigenvalue weighted by atomic mass is 9.93. The van der Waals surface area contributed by atoms with Crippen LogP contribution in [0, 0.1) is 11.3 Å². The van der Waals surface area contributed by atoms with Crippen molar-refractivity contribution in [1.82, 2.24) is 15.5 Å². The van der Waals surface area contributed by atoms with Crippen molar-refractivity contribution in [2.45, 2.75) is 92.0 Å². The number of halogens is 1. The van der Waals surface area contributed by atoms with Gasteiger partial charge in [0.15, 0.2) is 0 Å². The fraction of sp³-hybridized carbons (Fsp3) is 0.690. The highest BCUT2D eigenvalue weighted by Gasteiger charge is 2.41. The lowest BCUT2D eigenvalue weighted by molar-refractivity contribution is -0.126. The molecule has 10 heteroatoms. The van der Waals surface area contributed by atoms with E-state index in [9.17, 15) is 19.5 Å². The highest BCUT2D eigenvalue weighted by Crippen LogP contribution is 2.31. The van der Waals surface area contributed by atoms with Gasteiger partial charge in [-0.05, 0) is 58.6 Å². The van der Waals surface area contributed by atoms with E-state index in [1.54, 1.807) is 38.7 Å². The monoisotopic (exact) mass is 566 g/mol. The topological polar surface area (TPSA) is 111 Å². The molecule has 1 heterocycles. The molecule has 0 unspecified atom stereocenters. The van der Waals surface area contributed by atoms with Crippen molar-refractivity contribution >= 4 is 35.2 Å². The molecule has 0 aromatic heterocycles. The standard InChI is InChI=1S/C29H47ClN4O5/c1-19(25(37)31-17-27(2,3)4)14-23(35)21(32-26(38)39-28(5,6)7)15-33-16-24(36)34(18-29(33,8)9)22-13-11-10-12-20(22)30/h10-13,19,21,23,35H,14-18H2,1-9H3,(H,31,37)(H,32,38)/t19-,21+,23+/m1/s1. The first kappa shape index (κ1) is 32.8. The number of alkyl carbamates (subject to hydrolysis) is 1. The predicted octanol–water partition coefficient (Wildman–Crippen LogP) is 4.21. The number of carbonyl (C=O) groups excluding carboxylic acids is 3. The first-order valence-electron chi connectivity index (χ1n) is 13.5. The summed E-state index contributed by atoms with van der Waals surface area (Å²) >= 11 is 6.37. The molecule has 2 rings (SSSR count). The van der Waals surface area contributed by atoms with Gasteiger partial charge in [-0.2, -0.15) is 0 Å². The molecule has 1 aromatic rings. The van der Waals surface area contributed by atoms with Crippen LogP contribution in [0.4, 0.5) is 10.5 Å². The Morgan fingerprint density at radius 3 is 2.33 bits per heavy atom. The van der Waals surface area contributed by atoms with Crippen molar-refractivity contribution in [3.8, 4) is 0 Å². The summed E-state index contributed by atoms with van der Waals surface area (Å²) in [5, 5.41) is 17.5. The zero-order valence-corrected chi connectivity index (χ0v) is 25.7. The molecule has 0 spiro atoms. The summed E-state index contributed by atoms with van der Waals surface area (Å²) < 4.78 is 5.45. The minimum Gasteiger partial charge on any atom is -0.444 e. The van der Waals surface area contributed by atoms with Crippen LogP contribution in [-0.2, 0) is 14.3 Å². The van der Waals surface area contributed by atoms with Crippen molar-refractivity contribution in [2.24, 2.45) is 11.3 Å². The number of amides is 3.